The predicted molar refractivity (Wildman–Crippen MR) is 65.6 cm³/mol. The molecule has 0 bridgehead atoms. The Balaban J connectivity index is 0.00000112. The Bertz CT molecular complexity index is 374. The van der Waals surface area contributed by atoms with Gasteiger partial charge in [0.2, 0.25) is 0 Å². The van der Waals surface area contributed by atoms with Crippen molar-refractivity contribution in [3.8, 4) is 5.75 Å². The fourth-order valence-electron chi connectivity index (χ4n) is 1.90. The van der Waals surface area contributed by atoms with E-state index in [4.69, 9.17) is 10.5 Å². The second-order valence-electron chi connectivity index (χ2n) is 3.50. The summed E-state index contributed by atoms with van der Waals surface area (Å²) < 4.78 is 5.21. The summed E-state index contributed by atoms with van der Waals surface area (Å²) in [6, 6.07) is 6.22. The van der Waals surface area contributed by atoms with E-state index in [2.05, 4.69) is 18.2 Å². The smallest absolute Gasteiger partial charge is 0.119 e. The molecule has 0 saturated carbocycles. The van der Waals surface area contributed by atoms with Crippen molar-refractivity contribution < 1.29 is 4.74 Å². The van der Waals surface area contributed by atoms with Gasteiger partial charge in [-0.05, 0) is 41.7 Å². The number of hydrogen-bond acceptors (Lipinski definition) is 2. The molecular weight excluding hydrogens is 210 g/mol. The Morgan fingerprint density at radius 3 is 2.87 bits per heavy atom. The molecule has 1 aromatic rings. The van der Waals surface area contributed by atoms with E-state index < -0.39 is 0 Å². The number of allylic oxidation sites excluding steroid dienone is 1. The number of benzene rings is 1. The van der Waals surface area contributed by atoms with Crippen LogP contribution in [0.5, 0.6) is 5.75 Å². The first-order valence-electron chi connectivity index (χ1n) is 4.91. The second-order valence-corrected chi connectivity index (χ2v) is 3.50. The third-order valence-corrected chi connectivity index (χ3v) is 2.69. The molecule has 1 aliphatic carbocycles. The van der Waals surface area contributed by atoms with Crippen molar-refractivity contribution in [2.45, 2.75) is 12.8 Å². The lowest BCUT2D eigenvalue weighted by atomic mass is 9.91. The Kier molecular flexibility index (Phi) is 4.18. The van der Waals surface area contributed by atoms with E-state index >= 15 is 0 Å². The molecule has 0 atom stereocenters. The lowest BCUT2D eigenvalue weighted by molar-refractivity contribution is 0.414. The fraction of sp³-hybridized carbons (Fsp3) is 0.333. The van der Waals surface area contributed by atoms with E-state index in [9.17, 15) is 0 Å². The van der Waals surface area contributed by atoms with Crippen LogP contribution in [-0.4, -0.2) is 13.7 Å². The number of ether oxygens (including phenoxy) is 1. The molecule has 3 heteroatoms. The van der Waals surface area contributed by atoms with Crippen LogP contribution in [-0.2, 0) is 6.42 Å². The summed E-state index contributed by atoms with van der Waals surface area (Å²) in [7, 11) is 1.69. The summed E-state index contributed by atoms with van der Waals surface area (Å²) in [6.07, 6.45) is 4.44. The highest BCUT2D eigenvalue weighted by Gasteiger charge is 2.11. The van der Waals surface area contributed by atoms with Crippen LogP contribution in [0, 0.1) is 0 Å². The summed E-state index contributed by atoms with van der Waals surface area (Å²) in [5, 5.41) is 0. The number of rotatable bonds is 2. The monoisotopic (exact) mass is 225 g/mol. The van der Waals surface area contributed by atoms with Gasteiger partial charge < -0.3 is 10.5 Å². The van der Waals surface area contributed by atoms with Gasteiger partial charge in [-0.2, -0.15) is 0 Å². The largest absolute Gasteiger partial charge is 0.497 e. The highest BCUT2D eigenvalue weighted by molar-refractivity contribution is 5.85. The molecule has 82 valence electrons. The van der Waals surface area contributed by atoms with Crippen LogP contribution in [0.15, 0.2) is 24.3 Å². The van der Waals surface area contributed by atoms with Crippen molar-refractivity contribution in [1.82, 2.24) is 0 Å². The van der Waals surface area contributed by atoms with Crippen LogP contribution in [0.2, 0.25) is 0 Å². The Morgan fingerprint density at radius 2 is 2.20 bits per heavy atom. The second kappa shape index (κ2) is 5.19. The topological polar surface area (TPSA) is 35.2 Å². The number of methoxy groups -OCH3 is 1. The minimum Gasteiger partial charge on any atom is -0.497 e. The number of aryl methyl sites for hydroxylation is 1. The molecule has 2 nitrogen and oxygen atoms in total. The zero-order valence-corrected chi connectivity index (χ0v) is 9.64. The van der Waals surface area contributed by atoms with Crippen LogP contribution in [0.3, 0.4) is 0 Å². The molecule has 2 rings (SSSR count). The van der Waals surface area contributed by atoms with E-state index in [0.29, 0.717) is 6.54 Å². The first-order valence-corrected chi connectivity index (χ1v) is 4.91. The standard InChI is InChI=1S/C12H15NO.ClH/c1-14-11-6-5-9-3-2-4-10(8-13)12(9)7-11;/h4-7H,2-3,8,13H2,1H3;1H. The van der Waals surface area contributed by atoms with Crippen LogP contribution in [0.4, 0.5) is 0 Å². The highest BCUT2D eigenvalue weighted by atomic mass is 35.5. The summed E-state index contributed by atoms with van der Waals surface area (Å²) in [4.78, 5) is 0. The van der Waals surface area contributed by atoms with Gasteiger partial charge in [0.05, 0.1) is 7.11 Å². The predicted octanol–water partition coefficient (Wildman–Crippen LogP) is 2.41. The maximum absolute atomic E-state index is 5.70. The molecule has 0 radical (unpaired) electrons. The van der Waals surface area contributed by atoms with Gasteiger partial charge in [0.15, 0.2) is 0 Å². The molecule has 2 N–H and O–H groups in total. The first kappa shape index (κ1) is 12.1. The molecule has 0 unspecified atom stereocenters. The van der Waals surface area contributed by atoms with Gasteiger partial charge in [0.1, 0.15) is 5.75 Å². The summed E-state index contributed by atoms with van der Waals surface area (Å²) in [5.74, 6) is 0.907. The van der Waals surface area contributed by atoms with E-state index in [-0.39, 0.29) is 12.4 Å². The van der Waals surface area contributed by atoms with Crippen LogP contribution < -0.4 is 10.5 Å². The Labute approximate surface area is 96.5 Å². The van der Waals surface area contributed by atoms with Crippen molar-refractivity contribution in [3.63, 3.8) is 0 Å². The minimum absolute atomic E-state index is 0. The minimum atomic E-state index is 0. The summed E-state index contributed by atoms with van der Waals surface area (Å²) in [6.45, 7) is 0.611. The van der Waals surface area contributed by atoms with Gasteiger partial charge in [0, 0.05) is 6.54 Å². The molecule has 0 amide bonds. The normalized spacial score (nSPS) is 13.6. The molecule has 0 aromatic heterocycles. The third-order valence-electron chi connectivity index (χ3n) is 2.69. The maximum atomic E-state index is 5.70. The van der Waals surface area contributed by atoms with Crippen LogP contribution in [0.25, 0.3) is 5.57 Å². The lowest BCUT2D eigenvalue weighted by Crippen LogP contribution is -2.08. The SMILES string of the molecule is COc1ccc2c(c1)C(CN)=CCC2.Cl. The first-order chi connectivity index (χ1) is 6.85. The molecule has 0 heterocycles. The van der Waals surface area contributed by atoms with Gasteiger partial charge in [-0.1, -0.05) is 12.1 Å². The van der Waals surface area contributed by atoms with Crippen molar-refractivity contribution in [2.24, 2.45) is 5.73 Å². The fourth-order valence-corrected chi connectivity index (χ4v) is 1.90. The molecular formula is C12H16ClNO. The van der Waals surface area contributed by atoms with Gasteiger partial charge in [-0.3, -0.25) is 0 Å². The number of hydrogen-bond donors (Lipinski definition) is 1. The van der Waals surface area contributed by atoms with Gasteiger partial charge in [0.25, 0.3) is 0 Å². The average molecular weight is 226 g/mol. The van der Waals surface area contributed by atoms with Gasteiger partial charge >= 0.3 is 0 Å². The van der Waals surface area contributed by atoms with Gasteiger partial charge in [-0.15, -0.1) is 12.4 Å². The van der Waals surface area contributed by atoms with Crippen molar-refractivity contribution in [1.29, 1.82) is 0 Å². The quantitative estimate of drug-likeness (QED) is 0.839. The molecule has 0 spiro atoms. The zero-order valence-electron chi connectivity index (χ0n) is 8.82. The number of halogens is 1. The summed E-state index contributed by atoms with van der Waals surface area (Å²) >= 11 is 0. The number of nitrogens with two attached hydrogens (primary N) is 1. The zero-order chi connectivity index (χ0) is 9.97. The highest BCUT2D eigenvalue weighted by Crippen LogP contribution is 2.28. The average Bonchev–Trinajstić information content (AvgIpc) is 2.27. The van der Waals surface area contributed by atoms with Crippen molar-refractivity contribution in [3.05, 3.63) is 35.4 Å². The summed E-state index contributed by atoms with van der Waals surface area (Å²) in [5.41, 5.74) is 9.59. The molecule has 0 fully saturated rings. The Morgan fingerprint density at radius 1 is 1.40 bits per heavy atom. The lowest BCUT2D eigenvalue weighted by Gasteiger charge is -2.17. The molecule has 1 aliphatic rings. The van der Waals surface area contributed by atoms with Crippen molar-refractivity contribution in [2.75, 3.05) is 13.7 Å². The Hall–Kier alpha value is -0.990. The van der Waals surface area contributed by atoms with Crippen molar-refractivity contribution >= 4 is 18.0 Å². The van der Waals surface area contributed by atoms with Crippen LogP contribution >= 0.6 is 12.4 Å². The number of fused-ring (bicyclic) bond motifs is 1. The van der Waals surface area contributed by atoms with E-state index in [1.807, 2.05) is 6.07 Å². The maximum Gasteiger partial charge on any atom is 0.119 e. The van der Waals surface area contributed by atoms with Gasteiger partial charge in [-0.25, -0.2) is 0 Å². The third kappa shape index (κ3) is 2.33. The van der Waals surface area contributed by atoms with E-state index in [0.717, 1.165) is 18.6 Å². The molecule has 15 heavy (non-hydrogen) atoms. The molecule has 0 saturated heterocycles. The van der Waals surface area contributed by atoms with E-state index in [1.165, 1.54) is 16.7 Å². The molecule has 0 aliphatic heterocycles. The van der Waals surface area contributed by atoms with E-state index in [1.54, 1.807) is 7.11 Å². The molecule has 1 aromatic carbocycles. The van der Waals surface area contributed by atoms with Crippen LogP contribution in [0.1, 0.15) is 17.5 Å².